The van der Waals surface area contributed by atoms with Crippen LogP contribution in [0.15, 0.2) is 0 Å². The first-order valence-corrected chi connectivity index (χ1v) is 8.67. The third-order valence-corrected chi connectivity index (χ3v) is 5.03. The summed E-state index contributed by atoms with van der Waals surface area (Å²) in [6, 6.07) is 0.811. The summed E-state index contributed by atoms with van der Waals surface area (Å²) >= 11 is 0. The van der Waals surface area contributed by atoms with E-state index in [0.717, 1.165) is 58.8 Å². The molecule has 0 aromatic carbocycles. The van der Waals surface area contributed by atoms with E-state index in [0.29, 0.717) is 25.2 Å². The van der Waals surface area contributed by atoms with E-state index in [2.05, 4.69) is 17.1 Å². The van der Waals surface area contributed by atoms with E-state index in [1.807, 2.05) is 4.90 Å². The third kappa shape index (κ3) is 6.00. The minimum atomic E-state index is 0. The predicted molar refractivity (Wildman–Crippen MR) is 98.3 cm³/mol. The van der Waals surface area contributed by atoms with Crippen LogP contribution in [0, 0.1) is 0 Å². The molecule has 142 valence electrons. The molecule has 0 bridgehead atoms. The average Bonchev–Trinajstić information content (AvgIpc) is 2.56. The highest BCUT2D eigenvalue weighted by Crippen LogP contribution is 2.20. The first kappa shape index (κ1) is 21.9. The Balaban J connectivity index is 0.00000144. The fourth-order valence-corrected chi connectivity index (χ4v) is 3.75. The molecule has 0 aliphatic carbocycles. The van der Waals surface area contributed by atoms with Crippen molar-refractivity contribution in [3.63, 3.8) is 0 Å². The van der Waals surface area contributed by atoms with E-state index >= 15 is 0 Å². The van der Waals surface area contributed by atoms with Crippen LogP contribution in [0.3, 0.4) is 0 Å². The summed E-state index contributed by atoms with van der Waals surface area (Å²) in [5.74, 6) is 0.275. The van der Waals surface area contributed by atoms with Gasteiger partial charge in [-0.25, -0.2) is 0 Å². The number of likely N-dealkylation sites (tertiary alicyclic amines) is 1. The van der Waals surface area contributed by atoms with Crippen LogP contribution >= 0.6 is 24.8 Å². The van der Waals surface area contributed by atoms with Gasteiger partial charge >= 0.3 is 0 Å². The second-order valence-corrected chi connectivity index (χ2v) is 6.72. The van der Waals surface area contributed by atoms with E-state index in [-0.39, 0.29) is 36.8 Å². The molecule has 0 aromatic heterocycles. The molecule has 3 aliphatic heterocycles. The van der Waals surface area contributed by atoms with Gasteiger partial charge in [-0.2, -0.15) is 0 Å². The monoisotopic (exact) mass is 383 g/mol. The zero-order chi connectivity index (χ0) is 15.4. The lowest BCUT2D eigenvalue weighted by Crippen LogP contribution is -2.52. The third-order valence-electron chi connectivity index (χ3n) is 5.03. The summed E-state index contributed by atoms with van der Waals surface area (Å²) < 4.78 is 11.0. The van der Waals surface area contributed by atoms with Gasteiger partial charge in [0.25, 0.3) is 0 Å². The van der Waals surface area contributed by atoms with Crippen LogP contribution in [0.1, 0.15) is 26.2 Å². The number of piperidine rings is 1. The molecule has 8 heteroatoms. The lowest BCUT2D eigenvalue weighted by molar-refractivity contribution is -0.134. The Hall–Kier alpha value is -0.110. The van der Waals surface area contributed by atoms with E-state index in [1.54, 1.807) is 0 Å². The molecular weight excluding hydrogens is 353 g/mol. The van der Waals surface area contributed by atoms with Crippen molar-refractivity contribution in [1.29, 1.82) is 0 Å². The van der Waals surface area contributed by atoms with Crippen molar-refractivity contribution in [3.05, 3.63) is 0 Å². The van der Waals surface area contributed by atoms with E-state index in [9.17, 15) is 4.79 Å². The van der Waals surface area contributed by atoms with Gasteiger partial charge in [-0.05, 0) is 19.8 Å². The van der Waals surface area contributed by atoms with Gasteiger partial charge in [-0.15, -0.1) is 24.8 Å². The fraction of sp³-hybridized carbons (Fsp3) is 0.938. The number of morpholine rings is 2. The second-order valence-electron chi connectivity index (χ2n) is 6.72. The maximum atomic E-state index is 12.4. The lowest BCUT2D eigenvalue weighted by atomic mass is 10.0. The van der Waals surface area contributed by atoms with Gasteiger partial charge in [0.2, 0.25) is 5.91 Å². The molecule has 0 saturated carbocycles. The van der Waals surface area contributed by atoms with Crippen LogP contribution in [-0.2, 0) is 14.3 Å². The number of carbonyl (C=O) groups is 1. The molecule has 0 radical (unpaired) electrons. The molecule has 3 aliphatic rings. The Morgan fingerprint density at radius 3 is 2.54 bits per heavy atom. The molecule has 0 spiro atoms. The maximum Gasteiger partial charge on any atom is 0.224 e. The smallest absolute Gasteiger partial charge is 0.224 e. The van der Waals surface area contributed by atoms with Crippen LogP contribution in [0.25, 0.3) is 0 Å². The van der Waals surface area contributed by atoms with Gasteiger partial charge in [0.1, 0.15) is 0 Å². The van der Waals surface area contributed by atoms with Gasteiger partial charge in [0, 0.05) is 51.2 Å². The summed E-state index contributed by atoms with van der Waals surface area (Å²) in [6.07, 6.45) is 3.09. The number of nitrogens with one attached hydrogen (secondary N) is 1. The van der Waals surface area contributed by atoms with Crippen LogP contribution in [-0.4, -0.2) is 86.4 Å². The van der Waals surface area contributed by atoms with Crippen LogP contribution in [0.4, 0.5) is 0 Å². The highest BCUT2D eigenvalue weighted by molar-refractivity contribution is 5.85. The minimum absolute atomic E-state index is 0. The average molecular weight is 384 g/mol. The highest BCUT2D eigenvalue weighted by Gasteiger charge is 2.30. The fourth-order valence-electron chi connectivity index (χ4n) is 3.75. The Morgan fingerprint density at radius 2 is 1.92 bits per heavy atom. The minimum Gasteiger partial charge on any atom is -0.378 e. The zero-order valence-electron chi connectivity index (χ0n) is 14.4. The SMILES string of the molecule is CC1CN(C2CCN(C(=O)CC3COCCN3)CC2)CCO1.Cl.Cl. The van der Waals surface area contributed by atoms with Crippen LogP contribution in [0.2, 0.25) is 0 Å². The number of ether oxygens (including phenoxy) is 2. The van der Waals surface area contributed by atoms with Gasteiger partial charge in [0.15, 0.2) is 0 Å². The molecule has 3 saturated heterocycles. The van der Waals surface area contributed by atoms with Gasteiger partial charge in [-0.1, -0.05) is 0 Å². The van der Waals surface area contributed by atoms with Crippen molar-refractivity contribution in [2.24, 2.45) is 0 Å². The number of nitrogens with zero attached hydrogens (tertiary/aromatic N) is 2. The molecule has 1 N–H and O–H groups in total. The zero-order valence-corrected chi connectivity index (χ0v) is 16.1. The maximum absolute atomic E-state index is 12.4. The van der Waals surface area contributed by atoms with Gasteiger partial charge in [0.05, 0.1) is 25.9 Å². The summed E-state index contributed by atoms with van der Waals surface area (Å²) in [7, 11) is 0. The molecule has 3 rings (SSSR count). The molecule has 1 amide bonds. The van der Waals surface area contributed by atoms with Crippen molar-refractivity contribution >= 4 is 30.7 Å². The summed E-state index contributed by atoms with van der Waals surface area (Å²) in [5.41, 5.74) is 0. The van der Waals surface area contributed by atoms with E-state index < -0.39 is 0 Å². The predicted octanol–water partition coefficient (Wildman–Crippen LogP) is 0.920. The summed E-state index contributed by atoms with van der Waals surface area (Å²) in [4.78, 5) is 17.0. The van der Waals surface area contributed by atoms with Gasteiger partial charge in [-0.3, -0.25) is 9.69 Å². The molecule has 3 heterocycles. The first-order valence-electron chi connectivity index (χ1n) is 8.67. The number of rotatable bonds is 3. The molecular formula is C16H31Cl2N3O3. The number of carbonyl (C=O) groups excluding carboxylic acids is 1. The van der Waals surface area contributed by atoms with Crippen LogP contribution < -0.4 is 5.32 Å². The number of hydrogen-bond acceptors (Lipinski definition) is 5. The largest absolute Gasteiger partial charge is 0.378 e. The Morgan fingerprint density at radius 1 is 1.17 bits per heavy atom. The Labute approximate surface area is 157 Å². The van der Waals surface area contributed by atoms with Gasteiger partial charge < -0.3 is 19.7 Å². The topological polar surface area (TPSA) is 54.0 Å². The molecule has 3 fully saturated rings. The van der Waals surface area contributed by atoms with Crippen LogP contribution in [0.5, 0.6) is 0 Å². The number of hydrogen-bond donors (Lipinski definition) is 1. The second kappa shape index (κ2) is 10.8. The molecule has 2 atom stereocenters. The molecule has 0 aromatic rings. The van der Waals surface area contributed by atoms with E-state index in [1.165, 1.54) is 0 Å². The first-order chi connectivity index (χ1) is 10.7. The molecule has 6 nitrogen and oxygen atoms in total. The highest BCUT2D eigenvalue weighted by atomic mass is 35.5. The standard InChI is InChI=1S/C16H29N3O3.2ClH/c1-13-11-19(7-9-22-13)15-2-5-18(6-3-15)16(20)10-14-12-21-8-4-17-14;;/h13-15,17H,2-12H2,1H3;2*1H. The Bertz CT molecular complexity index is 376. The number of halogens is 2. The Kier molecular flexibility index (Phi) is 9.86. The van der Waals surface area contributed by atoms with Crippen molar-refractivity contribution in [3.8, 4) is 0 Å². The van der Waals surface area contributed by atoms with Crippen molar-refractivity contribution in [2.45, 2.75) is 44.4 Å². The molecule has 2 unspecified atom stereocenters. The van der Waals surface area contributed by atoms with Crippen molar-refractivity contribution in [1.82, 2.24) is 15.1 Å². The summed E-state index contributed by atoms with van der Waals surface area (Å²) in [6.45, 7) is 9.11. The number of amides is 1. The normalized spacial score (nSPS) is 29.5. The quantitative estimate of drug-likeness (QED) is 0.785. The van der Waals surface area contributed by atoms with Crippen molar-refractivity contribution < 1.29 is 14.3 Å². The summed E-state index contributed by atoms with van der Waals surface area (Å²) in [5, 5.41) is 3.36. The van der Waals surface area contributed by atoms with E-state index in [4.69, 9.17) is 9.47 Å². The molecule has 24 heavy (non-hydrogen) atoms. The lowest BCUT2D eigenvalue weighted by Gasteiger charge is -2.42. The van der Waals surface area contributed by atoms with Crippen molar-refractivity contribution in [2.75, 3.05) is 52.5 Å².